The Balaban J connectivity index is 1.99. The lowest BCUT2D eigenvalue weighted by Gasteiger charge is -2.07. The highest BCUT2D eigenvalue weighted by molar-refractivity contribution is 7.18. The molecule has 0 radical (unpaired) electrons. The minimum atomic E-state index is 0.724. The van der Waals surface area contributed by atoms with Crippen molar-refractivity contribution in [1.82, 2.24) is 9.97 Å². The molecule has 0 aliphatic heterocycles. The lowest BCUT2D eigenvalue weighted by molar-refractivity contribution is 0.976. The van der Waals surface area contributed by atoms with Gasteiger partial charge in [0, 0.05) is 41.3 Å². The Kier molecular flexibility index (Phi) is 4.71. The van der Waals surface area contributed by atoms with E-state index >= 15 is 0 Å². The van der Waals surface area contributed by atoms with E-state index in [0.29, 0.717) is 0 Å². The highest BCUT2D eigenvalue weighted by atomic mass is 35.5. The lowest BCUT2D eigenvalue weighted by atomic mass is 10.0. The van der Waals surface area contributed by atoms with Gasteiger partial charge in [-0.2, -0.15) is 0 Å². The third-order valence-corrected chi connectivity index (χ3v) is 4.48. The largest absolute Gasteiger partial charge is 0.362 e. The summed E-state index contributed by atoms with van der Waals surface area (Å²) in [6.07, 6.45) is 6.67. The van der Waals surface area contributed by atoms with E-state index in [4.69, 9.17) is 11.6 Å². The number of anilines is 1. The van der Waals surface area contributed by atoms with Crippen molar-refractivity contribution < 1.29 is 0 Å². The molecule has 0 aliphatic carbocycles. The van der Waals surface area contributed by atoms with Gasteiger partial charge in [-0.15, -0.1) is 0 Å². The van der Waals surface area contributed by atoms with Crippen LogP contribution in [0.4, 0.5) is 5.13 Å². The third-order valence-electron chi connectivity index (χ3n) is 3.25. The molecule has 0 atom stereocenters. The summed E-state index contributed by atoms with van der Waals surface area (Å²) in [5, 5.41) is 5.00. The van der Waals surface area contributed by atoms with Crippen molar-refractivity contribution in [3.05, 3.63) is 53.9 Å². The Morgan fingerprint density at radius 3 is 2.91 bits per heavy atom. The molecule has 2 heterocycles. The number of nitrogens with zero attached hydrogens (tertiary/aromatic N) is 2. The number of hydrogen-bond acceptors (Lipinski definition) is 4. The Morgan fingerprint density at radius 1 is 1.18 bits per heavy atom. The van der Waals surface area contributed by atoms with Crippen LogP contribution in [0, 0.1) is 0 Å². The minimum absolute atomic E-state index is 0.724. The van der Waals surface area contributed by atoms with Crippen molar-refractivity contribution >= 4 is 28.1 Å². The van der Waals surface area contributed by atoms with Crippen molar-refractivity contribution in [2.24, 2.45) is 0 Å². The molecule has 2 aromatic heterocycles. The van der Waals surface area contributed by atoms with Gasteiger partial charge in [0.15, 0.2) is 5.13 Å². The van der Waals surface area contributed by atoms with Gasteiger partial charge in [0.05, 0.1) is 4.88 Å². The lowest BCUT2D eigenvalue weighted by Crippen LogP contribution is -1.97. The highest BCUT2D eigenvalue weighted by Gasteiger charge is 2.11. The molecule has 0 unspecified atom stereocenters. The molecular weight excluding hydrogens is 314 g/mol. The van der Waals surface area contributed by atoms with Crippen molar-refractivity contribution in [3.8, 4) is 21.6 Å². The van der Waals surface area contributed by atoms with Crippen LogP contribution in [0.5, 0.6) is 0 Å². The zero-order chi connectivity index (χ0) is 15.4. The predicted molar refractivity (Wildman–Crippen MR) is 94.6 cm³/mol. The summed E-state index contributed by atoms with van der Waals surface area (Å²) in [7, 11) is 0. The molecule has 0 aliphatic rings. The highest BCUT2D eigenvalue weighted by Crippen LogP contribution is 2.36. The van der Waals surface area contributed by atoms with E-state index in [1.54, 1.807) is 11.3 Å². The first-order valence-corrected chi connectivity index (χ1v) is 8.37. The quantitative estimate of drug-likeness (QED) is 0.685. The molecule has 0 saturated heterocycles. The average molecular weight is 330 g/mol. The van der Waals surface area contributed by atoms with Gasteiger partial charge in [0.1, 0.15) is 0 Å². The second-order valence-corrected chi connectivity index (χ2v) is 6.36. The van der Waals surface area contributed by atoms with E-state index in [1.807, 2.05) is 48.9 Å². The van der Waals surface area contributed by atoms with Crippen LogP contribution in [-0.2, 0) is 0 Å². The van der Waals surface area contributed by atoms with E-state index < -0.39 is 0 Å². The zero-order valence-corrected chi connectivity index (χ0v) is 13.8. The normalized spacial score (nSPS) is 10.6. The van der Waals surface area contributed by atoms with Gasteiger partial charge in [-0.1, -0.05) is 42.0 Å². The smallest absolute Gasteiger partial charge is 0.183 e. The van der Waals surface area contributed by atoms with Gasteiger partial charge in [-0.05, 0) is 30.2 Å². The van der Waals surface area contributed by atoms with E-state index in [1.165, 1.54) is 0 Å². The van der Waals surface area contributed by atoms with Crippen LogP contribution in [0.25, 0.3) is 21.6 Å². The molecule has 3 rings (SSSR count). The molecule has 3 aromatic rings. The van der Waals surface area contributed by atoms with Crippen molar-refractivity contribution in [2.75, 3.05) is 11.9 Å². The summed E-state index contributed by atoms with van der Waals surface area (Å²) < 4.78 is 0. The molecule has 0 saturated carbocycles. The first-order chi connectivity index (χ1) is 10.8. The minimum Gasteiger partial charge on any atom is -0.362 e. The number of thiazole rings is 1. The second kappa shape index (κ2) is 6.90. The summed E-state index contributed by atoms with van der Waals surface area (Å²) in [4.78, 5) is 9.82. The molecule has 0 amide bonds. The maximum absolute atomic E-state index is 6.11. The predicted octanol–water partition coefficient (Wildman–Crippen LogP) is 5.35. The monoisotopic (exact) mass is 329 g/mol. The van der Waals surface area contributed by atoms with Crippen LogP contribution in [0.1, 0.15) is 13.3 Å². The molecule has 1 aromatic carbocycles. The van der Waals surface area contributed by atoms with E-state index in [-0.39, 0.29) is 0 Å². The van der Waals surface area contributed by atoms with Gasteiger partial charge < -0.3 is 5.32 Å². The van der Waals surface area contributed by atoms with Crippen LogP contribution >= 0.6 is 22.9 Å². The molecule has 5 heteroatoms. The number of aromatic nitrogens is 2. The number of hydrogen-bond donors (Lipinski definition) is 1. The number of pyridine rings is 1. The van der Waals surface area contributed by atoms with Gasteiger partial charge in [0.2, 0.25) is 0 Å². The van der Waals surface area contributed by atoms with Gasteiger partial charge in [0.25, 0.3) is 0 Å². The summed E-state index contributed by atoms with van der Waals surface area (Å²) >= 11 is 7.77. The maximum Gasteiger partial charge on any atom is 0.183 e. The Labute approximate surface area is 139 Å². The van der Waals surface area contributed by atoms with Gasteiger partial charge in [-0.25, -0.2) is 4.98 Å². The summed E-state index contributed by atoms with van der Waals surface area (Å²) in [5.41, 5.74) is 3.25. The number of nitrogens with one attached hydrogen (secondary N) is 1. The molecule has 22 heavy (non-hydrogen) atoms. The van der Waals surface area contributed by atoms with Gasteiger partial charge >= 0.3 is 0 Å². The Hall–Kier alpha value is -1.91. The first kappa shape index (κ1) is 15.0. The fourth-order valence-electron chi connectivity index (χ4n) is 2.21. The molecule has 0 bridgehead atoms. The van der Waals surface area contributed by atoms with E-state index in [9.17, 15) is 0 Å². The SMILES string of the molecule is CCCNc1ncc(-c2ccncc2-c2cccc(Cl)c2)s1. The first-order valence-electron chi connectivity index (χ1n) is 7.18. The van der Waals surface area contributed by atoms with E-state index in [2.05, 4.69) is 22.2 Å². The molecule has 0 spiro atoms. The van der Waals surface area contributed by atoms with Crippen LogP contribution in [0.15, 0.2) is 48.9 Å². The molecule has 0 fully saturated rings. The fourth-order valence-corrected chi connectivity index (χ4v) is 3.28. The van der Waals surface area contributed by atoms with Crippen LogP contribution in [-0.4, -0.2) is 16.5 Å². The molecule has 1 N–H and O–H groups in total. The average Bonchev–Trinajstić information content (AvgIpc) is 3.02. The molecule has 112 valence electrons. The number of benzene rings is 1. The van der Waals surface area contributed by atoms with Crippen molar-refractivity contribution in [3.63, 3.8) is 0 Å². The maximum atomic E-state index is 6.11. The van der Waals surface area contributed by atoms with Crippen molar-refractivity contribution in [2.45, 2.75) is 13.3 Å². The summed E-state index contributed by atoms with van der Waals surface area (Å²) in [5.74, 6) is 0. The van der Waals surface area contributed by atoms with Crippen LogP contribution in [0.2, 0.25) is 5.02 Å². The number of rotatable bonds is 5. The second-order valence-electron chi connectivity index (χ2n) is 4.89. The molecular formula is C17H16ClN3S. The Morgan fingerprint density at radius 2 is 2.09 bits per heavy atom. The summed E-state index contributed by atoms with van der Waals surface area (Å²) in [6.45, 7) is 3.08. The van der Waals surface area contributed by atoms with Crippen LogP contribution in [0.3, 0.4) is 0 Å². The third kappa shape index (κ3) is 3.29. The summed E-state index contributed by atoms with van der Waals surface area (Å²) in [6, 6.07) is 9.85. The topological polar surface area (TPSA) is 37.8 Å². The van der Waals surface area contributed by atoms with E-state index in [0.717, 1.165) is 44.7 Å². The fraction of sp³-hybridized carbons (Fsp3) is 0.176. The standard InChI is InChI=1S/C17H16ClN3S/c1-2-7-20-17-21-11-16(22-17)14-6-8-19-10-15(14)12-4-3-5-13(18)9-12/h3-6,8-11H,2,7H2,1H3,(H,20,21). The number of halogens is 1. The molecule has 3 nitrogen and oxygen atoms in total. The Bertz CT molecular complexity index is 770. The van der Waals surface area contributed by atoms with Crippen molar-refractivity contribution in [1.29, 1.82) is 0 Å². The zero-order valence-electron chi connectivity index (χ0n) is 12.2. The van der Waals surface area contributed by atoms with Gasteiger partial charge in [-0.3, -0.25) is 4.98 Å². The van der Waals surface area contributed by atoms with Crippen LogP contribution < -0.4 is 5.32 Å².